The summed E-state index contributed by atoms with van der Waals surface area (Å²) in [6, 6.07) is 11.3. The van der Waals surface area contributed by atoms with Crippen molar-refractivity contribution in [3.05, 3.63) is 71.7 Å². The number of ether oxygens (including phenoxy) is 1. The SMILES string of the molecule is CCc1ncc(C(=O)NC(Cc2ccc(-c3cc(F)ccc3OC)cc2)C[C@@H](C)C(=O)O)o1. The number of carbonyl (C=O) groups excluding carboxylic acids is 1. The van der Waals surface area contributed by atoms with Crippen LogP contribution in [0.15, 0.2) is 53.1 Å². The number of carboxylic acid groups (broad SMARTS) is 1. The summed E-state index contributed by atoms with van der Waals surface area (Å²) >= 11 is 0. The summed E-state index contributed by atoms with van der Waals surface area (Å²) in [7, 11) is 1.53. The highest BCUT2D eigenvalue weighted by Crippen LogP contribution is 2.31. The first-order chi connectivity index (χ1) is 15.8. The molecule has 0 aliphatic heterocycles. The van der Waals surface area contributed by atoms with Crippen LogP contribution in [0.3, 0.4) is 0 Å². The highest BCUT2D eigenvalue weighted by atomic mass is 19.1. The zero-order chi connectivity index (χ0) is 24.0. The van der Waals surface area contributed by atoms with E-state index in [0.717, 1.165) is 11.1 Å². The Labute approximate surface area is 191 Å². The van der Waals surface area contributed by atoms with Gasteiger partial charge in [0.25, 0.3) is 5.91 Å². The van der Waals surface area contributed by atoms with Crippen LogP contribution in [-0.4, -0.2) is 35.1 Å². The number of hydrogen-bond acceptors (Lipinski definition) is 5. The van der Waals surface area contributed by atoms with Crippen LogP contribution >= 0.6 is 0 Å². The smallest absolute Gasteiger partial charge is 0.306 e. The van der Waals surface area contributed by atoms with Gasteiger partial charge in [-0.15, -0.1) is 0 Å². The second-order valence-corrected chi connectivity index (χ2v) is 7.86. The molecule has 8 heteroatoms. The number of aryl methyl sites for hydroxylation is 1. The van der Waals surface area contributed by atoms with Crippen molar-refractivity contribution in [3.63, 3.8) is 0 Å². The topological polar surface area (TPSA) is 102 Å². The predicted molar refractivity (Wildman–Crippen MR) is 121 cm³/mol. The Balaban J connectivity index is 1.78. The predicted octanol–water partition coefficient (Wildman–Crippen LogP) is 4.50. The van der Waals surface area contributed by atoms with Gasteiger partial charge in [-0.2, -0.15) is 0 Å². The summed E-state index contributed by atoms with van der Waals surface area (Å²) in [4.78, 5) is 28.1. The largest absolute Gasteiger partial charge is 0.496 e. The highest BCUT2D eigenvalue weighted by Gasteiger charge is 2.23. The average molecular weight is 454 g/mol. The van der Waals surface area contributed by atoms with E-state index < -0.39 is 23.8 Å². The molecule has 0 aliphatic carbocycles. The summed E-state index contributed by atoms with van der Waals surface area (Å²) in [5, 5.41) is 12.2. The van der Waals surface area contributed by atoms with Crippen molar-refractivity contribution < 1.29 is 28.2 Å². The number of aromatic nitrogens is 1. The zero-order valence-corrected chi connectivity index (χ0v) is 18.8. The van der Waals surface area contributed by atoms with Crippen LogP contribution in [0.1, 0.15) is 42.3 Å². The normalized spacial score (nSPS) is 12.7. The molecular weight excluding hydrogens is 427 g/mol. The van der Waals surface area contributed by atoms with Crippen LogP contribution in [-0.2, 0) is 17.6 Å². The van der Waals surface area contributed by atoms with Gasteiger partial charge in [0.15, 0.2) is 5.89 Å². The van der Waals surface area contributed by atoms with Gasteiger partial charge in [-0.25, -0.2) is 9.37 Å². The lowest BCUT2D eigenvalue weighted by Gasteiger charge is -2.20. The van der Waals surface area contributed by atoms with E-state index in [-0.39, 0.29) is 18.0 Å². The first-order valence-electron chi connectivity index (χ1n) is 10.7. The van der Waals surface area contributed by atoms with Crippen molar-refractivity contribution >= 4 is 11.9 Å². The van der Waals surface area contributed by atoms with E-state index in [1.807, 2.05) is 31.2 Å². The van der Waals surface area contributed by atoms with Gasteiger partial charge in [0.2, 0.25) is 5.76 Å². The van der Waals surface area contributed by atoms with Crippen LogP contribution in [0.5, 0.6) is 5.75 Å². The molecule has 2 aromatic carbocycles. The molecule has 174 valence electrons. The number of rotatable bonds is 10. The van der Waals surface area contributed by atoms with Crippen molar-refractivity contribution in [2.75, 3.05) is 7.11 Å². The minimum absolute atomic E-state index is 0.0911. The van der Waals surface area contributed by atoms with Crippen molar-refractivity contribution in [3.8, 4) is 16.9 Å². The second kappa shape index (κ2) is 10.8. The first kappa shape index (κ1) is 24.0. The molecule has 3 aromatic rings. The number of hydrogen-bond donors (Lipinski definition) is 2. The number of carboxylic acids is 1. The molecule has 0 spiro atoms. The zero-order valence-electron chi connectivity index (χ0n) is 18.8. The number of nitrogens with zero attached hydrogens (tertiary/aromatic N) is 1. The monoisotopic (exact) mass is 454 g/mol. The Bertz CT molecular complexity index is 1110. The number of benzene rings is 2. The van der Waals surface area contributed by atoms with Crippen molar-refractivity contribution in [1.82, 2.24) is 10.3 Å². The van der Waals surface area contributed by atoms with E-state index in [2.05, 4.69) is 10.3 Å². The molecule has 0 radical (unpaired) electrons. The molecule has 0 aliphatic rings. The second-order valence-electron chi connectivity index (χ2n) is 7.86. The van der Waals surface area contributed by atoms with Crippen LogP contribution in [0, 0.1) is 11.7 Å². The van der Waals surface area contributed by atoms with Gasteiger partial charge in [-0.3, -0.25) is 9.59 Å². The summed E-state index contributed by atoms with van der Waals surface area (Å²) in [5.74, 6) is -1.27. The summed E-state index contributed by atoms with van der Waals surface area (Å²) < 4.78 is 24.5. The van der Waals surface area contributed by atoms with Gasteiger partial charge in [-0.05, 0) is 42.2 Å². The molecule has 0 saturated heterocycles. The van der Waals surface area contributed by atoms with Gasteiger partial charge in [0.05, 0.1) is 19.2 Å². The quantitative estimate of drug-likeness (QED) is 0.468. The number of carbonyl (C=O) groups is 2. The Kier molecular flexibility index (Phi) is 7.82. The molecule has 0 bridgehead atoms. The Hall–Kier alpha value is -3.68. The lowest BCUT2D eigenvalue weighted by Crippen LogP contribution is -2.38. The fraction of sp³-hybridized carbons (Fsp3) is 0.320. The lowest BCUT2D eigenvalue weighted by molar-refractivity contribution is -0.141. The maximum absolute atomic E-state index is 13.7. The summed E-state index contributed by atoms with van der Waals surface area (Å²) in [6.45, 7) is 3.47. The molecule has 3 rings (SSSR count). The van der Waals surface area contributed by atoms with Gasteiger partial charge in [-0.1, -0.05) is 38.1 Å². The minimum atomic E-state index is -0.935. The maximum Gasteiger partial charge on any atom is 0.306 e. The molecular formula is C25H27FN2O5. The van der Waals surface area contributed by atoms with E-state index in [0.29, 0.717) is 30.0 Å². The van der Waals surface area contributed by atoms with E-state index in [4.69, 9.17) is 9.15 Å². The molecule has 0 fully saturated rings. The van der Waals surface area contributed by atoms with E-state index >= 15 is 0 Å². The number of aliphatic carboxylic acids is 1. The van der Waals surface area contributed by atoms with Gasteiger partial charge >= 0.3 is 5.97 Å². The molecule has 1 heterocycles. The molecule has 1 aromatic heterocycles. The van der Waals surface area contributed by atoms with E-state index in [1.54, 1.807) is 13.0 Å². The molecule has 7 nitrogen and oxygen atoms in total. The van der Waals surface area contributed by atoms with Crippen molar-refractivity contribution in [2.24, 2.45) is 5.92 Å². The van der Waals surface area contributed by atoms with E-state index in [9.17, 15) is 19.1 Å². The van der Waals surface area contributed by atoms with Gasteiger partial charge in [0, 0.05) is 18.0 Å². The number of nitrogens with one attached hydrogen (secondary N) is 1. The third-order valence-corrected chi connectivity index (χ3v) is 5.38. The first-order valence-corrected chi connectivity index (χ1v) is 10.7. The molecule has 33 heavy (non-hydrogen) atoms. The van der Waals surface area contributed by atoms with Crippen LogP contribution in [0.2, 0.25) is 0 Å². The fourth-order valence-electron chi connectivity index (χ4n) is 3.57. The maximum atomic E-state index is 13.7. The Morgan fingerprint density at radius 2 is 1.94 bits per heavy atom. The van der Waals surface area contributed by atoms with Crippen LogP contribution in [0.25, 0.3) is 11.1 Å². The third-order valence-electron chi connectivity index (χ3n) is 5.38. The standard InChI is InChI=1S/C25H27FN2O5/c1-4-23-27-14-22(33-23)24(29)28-19(11-15(2)25(30)31)12-16-5-7-17(8-6-16)20-13-18(26)9-10-21(20)32-3/h5-10,13-15,19H,4,11-12H2,1-3H3,(H,28,29)(H,30,31)/t15-,19?/m1/s1. The molecule has 1 unspecified atom stereocenters. The summed E-state index contributed by atoms with van der Waals surface area (Å²) in [6.07, 6.45) is 2.59. The van der Waals surface area contributed by atoms with Crippen LogP contribution < -0.4 is 10.1 Å². The number of oxazole rings is 1. The fourth-order valence-corrected chi connectivity index (χ4v) is 3.57. The number of amides is 1. The number of halogens is 1. The van der Waals surface area contributed by atoms with Crippen LogP contribution in [0.4, 0.5) is 4.39 Å². The molecule has 0 saturated carbocycles. The van der Waals surface area contributed by atoms with Crippen molar-refractivity contribution in [2.45, 2.75) is 39.2 Å². The lowest BCUT2D eigenvalue weighted by atomic mass is 9.94. The Morgan fingerprint density at radius 3 is 2.55 bits per heavy atom. The molecule has 2 N–H and O–H groups in total. The van der Waals surface area contributed by atoms with E-state index in [1.165, 1.54) is 25.4 Å². The van der Waals surface area contributed by atoms with Gasteiger partial charge in [0.1, 0.15) is 11.6 Å². The Morgan fingerprint density at radius 1 is 1.21 bits per heavy atom. The molecule has 2 atom stereocenters. The number of methoxy groups -OCH3 is 1. The molecule has 1 amide bonds. The van der Waals surface area contributed by atoms with Gasteiger partial charge < -0.3 is 19.6 Å². The third kappa shape index (κ3) is 6.19. The van der Waals surface area contributed by atoms with Crippen molar-refractivity contribution in [1.29, 1.82) is 0 Å². The average Bonchev–Trinajstić information content (AvgIpc) is 3.29. The highest BCUT2D eigenvalue weighted by molar-refractivity contribution is 5.91. The minimum Gasteiger partial charge on any atom is -0.496 e. The summed E-state index contributed by atoms with van der Waals surface area (Å²) in [5.41, 5.74) is 2.30.